The number of aryl methyl sites for hydroxylation is 1. The lowest BCUT2D eigenvalue weighted by atomic mass is 9.95. The van der Waals surface area contributed by atoms with Crippen LogP contribution in [0.3, 0.4) is 0 Å². The first kappa shape index (κ1) is 20.7. The van der Waals surface area contributed by atoms with Crippen molar-refractivity contribution in [3.8, 4) is 5.75 Å². The summed E-state index contributed by atoms with van der Waals surface area (Å²) >= 11 is 0. The fourth-order valence-corrected chi connectivity index (χ4v) is 5.79. The molecule has 2 aromatic carbocycles. The van der Waals surface area contributed by atoms with Gasteiger partial charge in [-0.15, -0.1) is 0 Å². The molecular weight excluding hydrogens is 400 g/mol. The fourth-order valence-electron chi connectivity index (χ4n) is 4.25. The number of fused-ring (bicyclic) bond motifs is 1. The number of ether oxygens (including phenoxy) is 1. The highest BCUT2D eigenvalue weighted by Gasteiger charge is 2.28. The number of rotatable bonds is 6. The summed E-state index contributed by atoms with van der Waals surface area (Å²) in [6, 6.07) is 14.2. The van der Waals surface area contributed by atoms with E-state index in [-0.39, 0.29) is 23.5 Å². The molecule has 0 radical (unpaired) electrons. The van der Waals surface area contributed by atoms with Gasteiger partial charge in [0.05, 0.1) is 10.6 Å². The van der Waals surface area contributed by atoms with E-state index in [4.69, 9.17) is 4.74 Å². The number of para-hydroxylation sites is 1. The van der Waals surface area contributed by atoms with Gasteiger partial charge < -0.3 is 10.1 Å². The second-order valence-electron chi connectivity index (χ2n) is 7.97. The van der Waals surface area contributed by atoms with E-state index in [1.54, 1.807) is 24.3 Å². The third kappa shape index (κ3) is 4.61. The van der Waals surface area contributed by atoms with E-state index in [1.807, 2.05) is 24.3 Å². The van der Waals surface area contributed by atoms with Gasteiger partial charge >= 0.3 is 0 Å². The van der Waals surface area contributed by atoms with Crippen molar-refractivity contribution in [2.45, 2.75) is 55.9 Å². The van der Waals surface area contributed by atoms with Gasteiger partial charge in [-0.1, -0.05) is 37.5 Å². The van der Waals surface area contributed by atoms with E-state index in [9.17, 15) is 13.2 Å². The van der Waals surface area contributed by atoms with Gasteiger partial charge in [0.1, 0.15) is 5.75 Å². The predicted molar refractivity (Wildman–Crippen MR) is 116 cm³/mol. The molecule has 1 saturated carbocycles. The summed E-state index contributed by atoms with van der Waals surface area (Å²) in [4.78, 5) is 12.3. The zero-order chi connectivity index (χ0) is 21.0. The molecule has 0 atom stereocenters. The molecule has 1 fully saturated rings. The first-order chi connectivity index (χ1) is 14.5. The van der Waals surface area contributed by atoms with Crippen molar-refractivity contribution in [3.05, 3.63) is 54.1 Å². The van der Waals surface area contributed by atoms with Crippen molar-refractivity contribution in [1.29, 1.82) is 0 Å². The van der Waals surface area contributed by atoms with Crippen molar-refractivity contribution in [2.24, 2.45) is 0 Å². The van der Waals surface area contributed by atoms with Crippen LogP contribution in [0.5, 0.6) is 5.75 Å². The Labute approximate surface area is 178 Å². The van der Waals surface area contributed by atoms with E-state index in [0.717, 1.165) is 49.8 Å². The smallest absolute Gasteiger partial charge is 0.264 e. The molecule has 0 aromatic heterocycles. The minimum atomic E-state index is -3.64. The minimum absolute atomic E-state index is 0.0674. The Morgan fingerprint density at radius 3 is 2.50 bits per heavy atom. The second-order valence-corrected chi connectivity index (χ2v) is 9.83. The molecule has 7 heteroatoms. The van der Waals surface area contributed by atoms with E-state index in [1.165, 1.54) is 10.7 Å². The van der Waals surface area contributed by atoms with Crippen LogP contribution in [0.1, 0.15) is 44.1 Å². The monoisotopic (exact) mass is 428 g/mol. The summed E-state index contributed by atoms with van der Waals surface area (Å²) in [5.41, 5.74) is 1.81. The maximum absolute atomic E-state index is 13.2. The number of sulfonamides is 1. The normalized spacial score (nSPS) is 17.3. The molecule has 0 spiro atoms. The average molecular weight is 429 g/mol. The predicted octanol–water partition coefficient (Wildman–Crippen LogP) is 3.66. The van der Waals surface area contributed by atoms with Crippen LogP contribution in [0.15, 0.2) is 53.4 Å². The zero-order valence-electron chi connectivity index (χ0n) is 17.0. The molecular formula is C23H28N2O4S. The van der Waals surface area contributed by atoms with Crippen LogP contribution in [0, 0.1) is 0 Å². The Kier molecular flexibility index (Phi) is 6.27. The number of anilines is 1. The quantitative estimate of drug-likeness (QED) is 0.762. The number of nitrogens with one attached hydrogen (secondary N) is 1. The number of carbonyl (C=O) groups is 1. The van der Waals surface area contributed by atoms with Gasteiger partial charge in [0.25, 0.3) is 15.9 Å². The summed E-state index contributed by atoms with van der Waals surface area (Å²) in [5.74, 6) is 0.343. The minimum Gasteiger partial charge on any atom is -0.484 e. The first-order valence-electron chi connectivity index (χ1n) is 10.7. The van der Waals surface area contributed by atoms with Crippen LogP contribution >= 0.6 is 0 Å². The van der Waals surface area contributed by atoms with Crippen molar-refractivity contribution >= 4 is 21.6 Å². The maximum Gasteiger partial charge on any atom is 0.264 e. The second kappa shape index (κ2) is 9.08. The molecule has 2 aromatic rings. The number of nitrogens with zero attached hydrogens (tertiary/aromatic N) is 1. The molecule has 0 bridgehead atoms. The summed E-state index contributed by atoms with van der Waals surface area (Å²) in [5, 5.41) is 3.01. The number of amides is 1. The molecule has 1 amide bonds. The highest BCUT2D eigenvalue weighted by atomic mass is 32.2. The molecule has 0 unspecified atom stereocenters. The van der Waals surface area contributed by atoms with Crippen molar-refractivity contribution in [2.75, 3.05) is 17.5 Å². The van der Waals surface area contributed by atoms with Crippen LogP contribution in [0.4, 0.5) is 5.69 Å². The van der Waals surface area contributed by atoms with Gasteiger partial charge in [0.2, 0.25) is 0 Å². The van der Waals surface area contributed by atoms with Crippen LogP contribution < -0.4 is 14.4 Å². The van der Waals surface area contributed by atoms with E-state index >= 15 is 0 Å². The van der Waals surface area contributed by atoms with Gasteiger partial charge in [-0.3, -0.25) is 9.10 Å². The molecule has 1 heterocycles. The summed E-state index contributed by atoms with van der Waals surface area (Å²) in [7, 11) is -3.64. The SMILES string of the molecule is O=C(COc1ccc(S(=O)(=O)N2CCCc3ccccc32)cc1)NC1CCCCC1. The molecule has 2 aliphatic rings. The molecule has 4 rings (SSSR count). The molecule has 1 N–H and O–H groups in total. The van der Waals surface area contributed by atoms with Crippen molar-refractivity contribution in [1.82, 2.24) is 5.32 Å². The van der Waals surface area contributed by atoms with Crippen LogP contribution in [-0.2, 0) is 21.2 Å². The summed E-state index contributed by atoms with van der Waals surface area (Å²) < 4.78 is 33.4. The van der Waals surface area contributed by atoms with Gasteiger partial charge in [0, 0.05) is 12.6 Å². The first-order valence-corrected chi connectivity index (χ1v) is 12.1. The van der Waals surface area contributed by atoms with Crippen molar-refractivity contribution in [3.63, 3.8) is 0 Å². The van der Waals surface area contributed by atoms with Gasteiger partial charge in [-0.05, 0) is 61.6 Å². The Balaban J connectivity index is 1.39. The Bertz CT molecular complexity index is 983. The summed E-state index contributed by atoms with van der Waals surface area (Å²) in [6.45, 7) is 0.404. The zero-order valence-corrected chi connectivity index (χ0v) is 17.9. The van der Waals surface area contributed by atoms with Gasteiger partial charge in [-0.25, -0.2) is 8.42 Å². The average Bonchev–Trinajstić information content (AvgIpc) is 2.78. The maximum atomic E-state index is 13.2. The van der Waals surface area contributed by atoms with Gasteiger partial charge in [0.15, 0.2) is 6.61 Å². The fraction of sp³-hybridized carbons (Fsp3) is 0.435. The number of hydrogen-bond donors (Lipinski definition) is 1. The lowest BCUT2D eigenvalue weighted by molar-refractivity contribution is -0.124. The van der Waals surface area contributed by atoms with E-state index < -0.39 is 10.0 Å². The Morgan fingerprint density at radius 2 is 1.73 bits per heavy atom. The van der Waals surface area contributed by atoms with Crippen LogP contribution in [0.25, 0.3) is 0 Å². The van der Waals surface area contributed by atoms with Gasteiger partial charge in [-0.2, -0.15) is 0 Å². The molecule has 30 heavy (non-hydrogen) atoms. The molecule has 160 valence electrons. The number of hydrogen-bond acceptors (Lipinski definition) is 4. The third-order valence-corrected chi connectivity index (χ3v) is 7.65. The number of benzene rings is 2. The molecule has 1 aliphatic carbocycles. The van der Waals surface area contributed by atoms with E-state index in [0.29, 0.717) is 12.3 Å². The topological polar surface area (TPSA) is 75.7 Å². The van der Waals surface area contributed by atoms with E-state index in [2.05, 4.69) is 5.32 Å². The Morgan fingerprint density at radius 1 is 1.00 bits per heavy atom. The molecule has 1 aliphatic heterocycles. The standard InChI is InChI=1S/C23H28N2O4S/c26-23(24-19-9-2-1-3-10-19)17-29-20-12-14-21(15-13-20)30(27,28)25-16-6-8-18-7-4-5-11-22(18)25/h4-5,7,11-15,19H,1-3,6,8-10,16-17H2,(H,24,26). The van der Waals surface area contributed by atoms with Crippen LogP contribution in [0.2, 0.25) is 0 Å². The largest absolute Gasteiger partial charge is 0.484 e. The van der Waals surface area contributed by atoms with Crippen LogP contribution in [-0.4, -0.2) is 33.5 Å². The Hall–Kier alpha value is -2.54. The number of carbonyl (C=O) groups excluding carboxylic acids is 1. The molecule has 0 saturated heterocycles. The third-order valence-electron chi connectivity index (χ3n) is 5.82. The highest BCUT2D eigenvalue weighted by molar-refractivity contribution is 7.92. The lowest BCUT2D eigenvalue weighted by Crippen LogP contribution is -2.39. The highest BCUT2D eigenvalue weighted by Crippen LogP contribution is 2.32. The van der Waals surface area contributed by atoms with Crippen molar-refractivity contribution < 1.29 is 17.9 Å². The lowest BCUT2D eigenvalue weighted by Gasteiger charge is -2.30. The summed E-state index contributed by atoms with van der Waals surface area (Å²) in [6.07, 6.45) is 7.29. The molecule has 6 nitrogen and oxygen atoms in total.